The second-order valence-electron chi connectivity index (χ2n) is 5.11. The van der Waals surface area contributed by atoms with Gasteiger partial charge in [-0.3, -0.25) is 0 Å². The van der Waals surface area contributed by atoms with Crippen LogP contribution < -0.4 is 11.3 Å². The molecule has 0 amide bonds. The minimum atomic E-state index is -3.57. The molecule has 1 aromatic rings. The summed E-state index contributed by atoms with van der Waals surface area (Å²) in [6.07, 6.45) is 3.72. The zero-order valence-corrected chi connectivity index (χ0v) is 12.0. The summed E-state index contributed by atoms with van der Waals surface area (Å²) in [4.78, 5) is 4.09. The van der Waals surface area contributed by atoms with Crippen molar-refractivity contribution in [3.8, 4) is 0 Å². The molecule has 0 unspecified atom stereocenters. The molecule has 1 heterocycles. The zero-order valence-electron chi connectivity index (χ0n) is 11.2. The first kappa shape index (κ1) is 14.2. The molecule has 0 aliphatic heterocycles. The fraction of sp³-hybridized carbons (Fsp3) is 0.583. The molecule has 2 rings (SSSR count). The third kappa shape index (κ3) is 3.05. The van der Waals surface area contributed by atoms with Gasteiger partial charge in [0.1, 0.15) is 4.90 Å². The summed E-state index contributed by atoms with van der Waals surface area (Å²) in [6, 6.07) is 3.04. The van der Waals surface area contributed by atoms with E-state index in [1.807, 2.05) is 13.8 Å². The zero-order chi connectivity index (χ0) is 14.0. The summed E-state index contributed by atoms with van der Waals surface area (Å²) in [5, 5.41) is 0. The second-order valence-corrected chi connectivity index (χ2v) is 6.97. The van der Waals surface area contributed by atoms with Crippen LogP contribution in [0.2, 0.25) is 0 Å². The number of rotatable bonds is 6. The third-order valence-electron chi connectivity index (χ3n) is 3.21. The molecule has 6 nitrogen and oxygen atoms in total. The average molecular weight is 284 g/mol. The number of anilines is 1. The van der Waals surface area contributed by atoms with Crippen molar-refractivity contribution in [1.29, 1.82) is 0 Å². The Balaban J connectivity index is 2.37. The second kappa shape index (κ2) is 5.44. The lowest BCUT2D eigenvalue weighted by Crippen LogP contribution is -2.39. The van der Waals surface area contributed by atoms with Crippen LogP contribution in [0.3, 0.4) is 0 Å². The van der Waals surface area contributed by atoms with Crippen LogP contribution in [-0.2, 0) is 10.0 Å². The Morgan fingerprint density at radius 2 is 2.21 bits per heavy atom. The van der Waals surface area contributed by atoms with Gasteiger partial charge in [0, 0.05) is 18.8 Å². The Kier molecular flexibility index (Phi) is 4.07. The summed E-state index contributed by atoms with van der Waals surface area (Å²) in [6.45, 7) is 4.33. The van der Waals surface area contributed by atoms with Crippen molar-refractivity contribution in [3.63, 3.8) is 0 Å². The summed E-state index contributed by atoms with van der Waals surface area (Å²) in [5.41, 5.74) is 2.35. The lowest BCUT2D eigenvalue weighted by Gasteiger charge is -2.26. The van der Waals surface area contributed by atoms with E-state index >= 15 is 0 Å². The van der Waals surface area contributed by atoms with Crippen LogP contribution >= 0.6 is 0 Å². The number of sulfonamides is 1. The van der Waals surface area contributed by atoms with Crippen LogP contribution in [0.15, 0.2) is 23.2 Å². The largest absolute Gasteiger partial charge is 0.307 e. The highest BCUT2D eigenvalue weighted by molar-refractivity contribution is 7.89. The van der Waals surface area contributed by atoms with E-state index in [2.05, 4.69) is 10.4 Å². The smallest absolute Gasteiger partial charge is 0.247 e. The molecule has 1 saturated carbocycles. The van der Waals surface area contributed by atoms with Crippen molar-refractivity contribution in [2.24, 2.45) is 11.8 Å². The van der Waals surface area contributed by atoms with E-state index in [0.29, 0.717) is 12.5 Å². The molecule has 1 fully saturated rings. The van der Waals surface area contributed by atoms with Crippen LogP contribution in [0.4, 0.5) is 5.82 Å². The standard InChI is InChI=1S/C12H20N4O2S/c1-9(2)16(8-10-5-6-10)19(17,18)11-4-3-7-14-12(11)15-13/h3-4,7,9-10H,5-6,8,13H2,1-2H3,(H,14,15). The van der Waals surface area contributed by atoms with Gasteiger partial charge >= 0.3 is 0 Å². The van der Waals surface area contributed by atoms with E-state index in [-0.39, 0.29) is 16.8 Å². The summed E-state index contributed by atoms with van der Waals surface area (Å²) < 4.78 is 26.9. The van der Waals surface area contributed by atoms with E-state index in [0.717, 1.165) is 12.8 Å². The van der Waals surface area contributed by atoms with Crippen LogP contribution in [0, 0.1) is 5.92 Å². The average Bonchev–Trinajstić information content (AvgIpc) is 3.19. The maximum Gasteiger partial charge on any atom is 0.247 e. The molecule has 1 aromatic heterocycles. The molecular formula is C12H20N4O2S. The van der Waals surface area contributed by atoms with Crippen molar-refractivity contribution in [3.05, 3.63) is 18.3 Å². The van der Waals surface area contributed by atoms with Crippen LogP contribution in [0.5, 0.6) is 0 Å². The SMILES string of the molecule is CC(C)N(CC1CC1)S(=O)(=O)c1cccnc1NN. The van der Waals surface area contributed by atoms with Gasteiger partial charge < -0.3 is 5.43 Å². The number of nitrogens with zero attached hydrogens (tertiary/aromatic N) is 2. The molecule has 0 saturated heterocycles. The molecule has 0 aromatic carbocycles. The number of nitrogens with one attached hydrogen (secondary N) is 1. The third-order valence-corrected chi connectivity index (χ3v) is 5.28. The number of hydrogen-bond acceptors (Lipinski definition) is 5. The molecule has 0 radical (unpaired) electrons. The number of pyridine rings is 1. The first-order valence-electron chi connectivity index (χ1n) is 6.40. The minimum Gasteiger partial charge on any atom is -0.307 e. The fourth-order valence-electron chi connectivity index (χ4n) is 1.97. The van der Waals surface area contributed by atoms with Gasteiger partial charge in [0.2, 0.25) is 10.0 Å². The highest BCUT2D eigenvalue weighted by atomic mass is 32.2. The van der Waals surface area contributed by atoms with E-state index in [9.17, 15) is 8.42 Å². The van der Waals surface area contributed by atoms with Gasteiger partial charge in [0.15, 0.2) is 5.82 Å². The molecule has 106 valence electrons. The number of aromatic nitrogens is 1. The van der Waals surface area contributed by atoms with E-state index in [1.165, 1.54) is 16.6 Å². The van der Waals surface area contributed by atoms with Gasteiger partial charge in [-0.25, -0.2) is 19.2 Å². The van der Waals surface area contributed by atoms with Crippen molar-refractivity contribution >= 4 is 15.8 Å². The molecule has 0 bridgehead atoms. The van der Waals surface area contributed by atoms with Crippen LogP contribution in [0.25, 0.3) is 0 Å². The first-order valence-corrected chi connectivity index (χ1v) is 7.84. The molecule has 3 N–H and O–H groups in total. The summed E-state index contributed by atoms with van der Waals surface area (Å²) in [5.74, 6) is 6.01. The normalized spacial score (nSPS) is 16.1. The fourth-order valence-corrected chi connectivity index (χ4v) is 3.80. The lowest BCUT2D eigenvalue weighted by atomic mass is 10.3. The Morgan fingerprint density at radius 1 is 1.53 bits per heavy atom. The lowest BCUT2D eigenvalue weighted by molar-refractivity contribution is 0.342. The van der Waals surface area contributed by atoms with Gasteiger partial charge in [-0.2, -0.15) is 4.31 Å². The maximum atomic E-state index is 12.7. The van der Waals surface area contributed by atoms with E-state index < -0.39 is 10.0 Å². The molecular weight excluding hydrogens is 264 g/mol. The molecule has 7 heteroatoms. The van der Waals surface area contributed by atoms with Gasteiger partial charge in [-0.05, 0) is 44.7 Å². The number of hydrogen-bond donors (Lipinski definition) is 2. The minimum absolute atomic E-state index is 0.0866. The van der Waals surface area contributed by atoms with Crippen LogP contribution in [0.1, 0.15) is 26.7 Å². The summed E-state index contributed by atoms with van der Waals surface area (Å²) >= 11 is 0. The van der Waals surface area contributed by atoms with Crippen molar-refractivity contribution in [2.45, 2.75) is 37.6 Å². The topological polar surface area (TPSA) is 88.3 Å². The van der Waals surface area contributed by atoms with Gasteiger partial charge in [0.25, 0.3) is 0 Å². The van der Waals surface area contributed by atoms with Crippen molar-refractivity contribution in [2.75, 3.05) is 12.0 Å². The quantitative estimate of drug-likeness (QED) is 0.605. The highest BCUT2D eigenvalue weighted by Gasteiger charge is 2.34. The molecule has 1 aliphatic carbocycles. The number of nitrogens with two attached hydrogens (primary N) is 1. The molecule has 0 spiro atoms. The van der Waals surface area contributed by atoms with Crippen molar-refractivity contribution < 1.29 is 8.42 Å². The molecule has 19 heavy (non-hydrogen) atoms. The van der Waals surface area contributed by atoms with E-state index in [1.54, 1.807) is 6.07 Å². The highest BCUT2D eigenvalue weighted by Crippen LogP contribution is 2.33. The number of nitrogen functional groups attached to an aromatic ring is 1. The Hall–Kier alpha value is -1.18. The number of hydrazine groups is 1. The van der Waals surface area contributed by atoms with Gasteiger partial charge in [-0.15, -0.1) is 0 Å². The van der Waals surface area contributed by atoms with Crippen molar-refractivity contribution in [1.82, 2.24) is 9.29 Å². The monoisotopic (exact) mass is 284 g/mol. The molecule has 0 atom stereocenters. The predicted molar refractivity (Wildman–Crippen MR) is 73.8 cm³/mol. The maximum absolute atomic E-state index is 12.7. The van der Waals surface area contributed by atoms with Gasteiger partial charge in [-0.1, -0.05) is 0 Å². The Labute approximate surface area is 114 Å². The van der Waals surface area contributed by atoms with Crippen LogP contribution in [-0.4, -0.2) is 30.3 Å². The van der Waals surface area contributed by atoms with E-state index in [4.69, 9.17) is 5.84 Å². The molecule has 1 aliphatic rings. The Bertz CT molecular complexity index is 540. The summed E-state index contributed by atoms with van der Waals surface area (Å²) in [7, 11) is -3.57. The van der Waals surface area contributed by atoms with Gasteiger partial charge in [0.05, 0.1) is 0 Å². The Morgan fingerprint density at radius 3 is 2.74 bits per heavy atom. The predicted octanol–water partition coefficient (Wildman–Crippen LogP) is 1.18. The first-order chi connectivity index (χ1) is 8.96.